The molecule has 0 fully saturated rings. The predicted molar refractivity (Wildman–Crippen MR) is 63.5 cm³/mol. The van der Waals surface area contributed by atoms with Crippen molar-refractivity contribution in [3.63, 3.8) is 0 Å². The van der Waals surface area contributed by atoms with E-state index in [1.165, 1.54) is 0 Å². The molecule has 15 heavy (non-hydrogen) atoms. The molecule has 2 nitrogen and oxygen atoms in total. The van der Waals surface area contributed by atoms with Crippen LogP contribution in [0.1, 0.15) is 16.9 Å². The number of rotatable bonds is 2. The predicted octanol–water partition coefficient (Wildman–Crippen LogP) is 3.42. The summed E-state index contributed by atoms with van der Waals surface area (Å²) in [4.78, 5) is 0. The monoisotopic (exact) mass is 223 g/mol. The van der Waals surface area contributed by atoms with Crippen LogP contribution in [0.4, 0.5) is 0 Å². The van der Waals surface area contributed by atoms with E-state index in [1.807, 2.05) is 33.0 Å². The highest BCUT2D eigenvalue weighted by molar-refractivity contribution is 6.35. The summed E-state index contributed by atoms with van der Waals surface area (Å²) in [6.07, 6.45) is 0. The molecule has 1 aromatic carbocycles. The van der Waals surface area contributed by atoms with Gasteiger partial charge in [-0.3, -0.25) is 0 Å². The Kier molecular flexibility index (Phi) is 2.72. The topological polar surface area (TPSA) is 25.2 Å². The van der Waals surface area contributed by atoms with Crippen molar-refractivity contribution in [2.24, 2.45) is 0 Å². The van der Waals surface area contributed by atoms with Crippen LogP contribution in [-0.4, -0.2) is 7.05 Å². The van der Waals surface area contributed by atoms with Crippen LogP contribution in [-0.2, 0) is 6.54 Å². The Morgan fingerprint density at radius 1 is 1.33 bits per heavy atom. The van der Waals surface area contributed by atoms with Gasteiger partial charge in [0, 0.05) is 10.9 Å². The van der Waals surface area contributed by atoms with Crippen molar-refractivity contribution >= 4 is 22.6 Å². The molecule has 0 aliphatic carbocycles. The zero-order valence-electron chi connectivity index (χ0n) is 9.15. The lowest BCUT2D eigenvalue weighted by Gasteiger charge is -1.96. The van der Waals surface area contributed by atoms with Crippen molar-refractivity contribution in [1.29, 1.82) is 0 Å². The Bertz CT molecular complexity index is 502. The Morgan fingerprint density at radius 3 is 2.67 bits per heavy atom. The highest BCUT2D eigenvalue weighted by atomic mass is 35.5. The van der Waals surface area contributed by atoms with E-state index in [1.54, 1.807) is 0 Å². The maximum atomic E-state index is 6.17. The lowest BCUT2D eigenvalue weighted by molar-refractivity contribution is 0.525. The molecule has 0 bridgehead atoms. The van der Waals surface area contributed by atoms with E-state index in [2.05, 4.69) is 5.32 Å². The Labute approximate surface area is 94.2 Å². The minimum atomic E-state index is 0.732. The fourth-order valence-corrected chi connectivity index (χ4v) is 2.10. The average molecular weight is 224 g/mol. The molecule has 0 amide bonds. The van der Waals surface area contributed by atoms with Gasteiger partial charge >= 0.3 is 0 Å². The van der Waals surface area contributed by atoms with Crippen LogP contribution in [0.15, 0.2) is 16.5 Å². The van der Waals surface area contributed by atoms with Crippen LogP contribution in [0.5, 0.6) is 0 Å². The van der Waals surface area contributed by atoms with Crippen molar-refractivity contribution in [3.05, 3.63) is 34.0 Å². The van der Waals surface area contributed by atoms with E-state index < -0.39 is 0 Å². The molecule has 0 aliphatic rings. The van der Waals surface area contributed by atoms with Gasteiger partial charge in [-0.15, -0.1) is 0 Å². The van der Waals surface area contributed by atoms with Gasteiger partial charge in [0.05, 0.1) is 11.6 Å². The van der Waals surface area contributed by atoms with Gasteiger partial charge in [-0.1, -0.05) is 17.7 Å². The lowest BCUT2D eigenvalue weighted by Crippen LogP contribution is -2.04. The van der Waals surface area contributed by atoms with Gasteiger partial charge in [0.2, 0.25) is 0 Å². The molecular formula is C12H14ClNO. The average Bonchev–Trinajstić information content (AvgIpc) is 2.53. The molecule has 2 rings (SSSR count). The second-order valence-electron chi connectivity index (χ2n) is 3.75. The first kappa shape index (κ1) is 10.5. The first-order valence-electron chi connectivity index (χ1n) is 4.97. The van der Waals surface area contributed by atoms with Crippen molar-refractivity contribution in [2.45, 2.75) is 20.4 Å². The highest BCUT2D eigenvalue weighted by Crippen LogP contribution is 2.33. The number of fused-ring (bicyclic) bond motifs is 1. The second kappa shape index (κ2) is 3.87. The molecule has 80 valence electrons. The number of hydrogen-bond donors (Lipinski definition) is 1. The molecule has 2 aromatic rings. The van der Waals surface area contributed by atoms with E-state index in [-0.39, 0.29) is 0 Å². The summed E-state index contributed by atoms with van der Waals surface area (Å²) in [5.41, 5.74) is 3.16. The van der Waals surface area contributed by atoms with Crippen LogP contribution in [0.25, 0.3) is 11.0 Å². The van der Waals surface area contributed by atoms with E-state index >= 15 is 0 Å². The Hall–Kier alpha value is -0.990. The summed E-state index contributed by atoms with van der Waals surface area (Å²) < 4.78 is 5.80. The molecule has 1 N–H and O–H groups in total. The summed E-state index contributed by atoms with van der Waals surface area (Å²) >= 11 is 6.17. The zero-order chi connectivity index (χ0) is 11.0. The number of aryl methyl sites for hydroxylation is 2. The third-order valence-electron chi connectivity index (χ3n) is 2.66. The molecule has 0 spiro atoms. The molecule has 0 unspecified atom stereocenters. The number of halogens is 1. The molecule has 1 aromatic heterocycles. The van der Waals surface area contributed by atoms with E-state index in [0.29, 0.717) is 0 Å². The Balaban J connectivity index is 2.75. The second-order valence-corrected chi connectivity index (χ2v) is 4.16. The van der Waals surface area contributed by atoms with Crippen LogP contribution in [0.2, 0.25) is 5.02 Å². The van der Waals surface area contributed by atoms with Gasteiger partial charge in [0.25, 0.3) is 0 Å². The third kappa shape index (κ3) is 1.64. The summed E-state index contributed by atoms with van der Waals surface area (Å²) in [5.74, 6) is 0.962. The van der Waals surface area contributed by atoms with Gasteiger partial charge in [0.15, 0.2) is 0 Å². The van der Waals surface area contributed by atoms with Crippen molar-refractivity contribution in [1.82, 2.24) is 5.32 Å². The normalized spacial score (nSPS) is 11.2. The first-order chi connectivity index (χ1) is 7.15. The van der Waals surface area contributed by atoms with Crippen LogP contribution in [0, 0.1) is 13.8 Å². The number of furan rings is 1. The first-order valence-corrected chi connectivity index (χ1v) is 5.34. The van der Waals surface area contributed by atoms with Gasteiger partial charge in [-0.25, -0.2) is 0 Å². The van der Waals surface area contributed by atoms with Crippen LogP contribution < -0.4 is 5.32 Å². The van der Waals surface area contributed by atoms with Crippen molar-refractivity contribution in [3.8, 4) is 0 Å². The van der Waals surface area contributed by atoms with Gasteiger partial charge in [0.1, 0.15) is 11.3 Å². The molecule has 0 radical (unpaired) electrons. The van der Waals surface area contributed by atoms with Crippen molar-refractivity contribution < 1.29 is 4.42 Å². The molecule has 0 saturated heterocycles. The minimum Gasteiger partial charge on any atom is -0.459 e. The maximum Gasteiger partial charge on any atom is 0.139 e. The highest BCUT2D eigenvalue weighted by Gasteiger charge is 2.13. The molecule has 1 heterocycles. The molecule has 0 atom stereocenters. The van der Waals surface area contributed by atoms with Gasteiger partial charge in [-0.05, 0) is 32.5 Å². The standard InChI is InChI=1S/C12H14ClNO/c1-7-4-5-9(13)11-8(2)10(6-14-3)15-12(7)11/h4-5,14H,6H2,1-3H3. The van der Waals surface area contributed by atoms with Crippen LogP contribution in [0.3, 0.4) is 0 Å². The summed E-state index contributed by atoms with van der Waals surface area (Å²) in [6, 6.07) is 3.90. The van der Waals surface area contributed by atoms with E-state index in [0.717, 1.165) is 39.4 Å². The number of hydrogen-bond acceptors (Lipinski definition) is 2. The third-order valence-corrected chi connectivity index (χ3v) is 2.97. The fraction of sp³-hybridized carbons (Fsp3) is 0.333. The van der Waals surface area contributed by atoms with E-state index in [9.17, 15) is 0 Å². The fourth-order valence-electron chi connectivity index (χ4n) is 1.81. The van der Waals surface area contributed by atoms with Crippen LogP contribution >= 0.6 is 11.6 Å². The van der Waals surface area contributed by atoms with Gasteiger partial charge in [-0.2, -0.15) is 0 Å². The number of nitrogens with one attached hydrogen (secondary N) is 1. The number of benzene rings is 1. The summed E-state index contributed by atoms with van der Waals surface area (Å²) in [7, 11) is 1.90. The largest absolute Gasteiger partial charge is 0.459 e. The Morgan fingerprint density at radius 2 is 2.07 bits per heavy atom. The smallest absolute Gasteiger partial charge is 0.139 e. The lowest BCUT2D eigenvalue weighted by atomic mass is 10.1. The molecular weight excluding hydrogens is 210 g/mol. The summed E-state index contributed by atoms with van der Waals surface area (Å²) in [6.45, 7) is 4.81. The van der Waals surface area contributed by atoms with Gasteiger partial charge < -0.3 is 9.73 Å². The quantitative estimate of drug-likeness (QED) is 0.844. The minimum absolute atomic E-state index is 0.732. The van der Waals surface area contributed by atoms with E-state index in [4.69, 9.17) is 16.0 Å². The molecule has 3 heteroatoms. The molecule has 0 aliphatic heterocycles. The maximum absolute atomic E-state index is 6.17. The zero-order valence-corrected chi connectivity index (χ0v) is 9.90. The van der Waals surface area contributed by atoms with Crippen molar-refractivity contribution in [2.75, 3.05) is 7.05 Å². The SMILES string of the molecule is CNCc1oc2c(C)ccc(Cl)c2c1C. The molecule has 0 saturated carbocycles. The summed E-state index contributed by atoms with van der Waals surface area (Å²) in [5, 5.41) is 4.89.